The highest BCUT2D eigenvalue weighted by molar-refractivity contribution is 7.00. The van der Waals surface area contributed by atoms with Crippen LogP contribution in [0.2, 0.25) is 5.02 Å². The van der Waals surface area contributed by atoms with Gasteiger partial charge in [-0.25, -0.2) is 0 Å². The molecule has 0 atom stereocenters. The molecule has 5 aromatic rings. The summed E-state index contributed by atoms with van der Waals surface area (Å²) in [5.74, 6) is 3.29. The van der Waals surface area contributed by atoms with Gasteiger partial charge in [0.05, 0.1) is 0 Å². The van der Waals surface area contributed by atoms with Crippen LogP contribution in [0.5, 0.6) is 23.0 Å². The third-order valence-electron chi connectivity index (χ3n) is 6.24. The molecular formula is C26H14BClO2. The Kier molecular flexibility index (Phi) is 3.17. The summed E-state index contributed by atoms with van der Waals surface area (Å²) in [4.78, 5) is 0. The second kappa shape index (κ2) is 5.81. The van der Waals surface area contributed by atoms with Gasteiger partial charge >= 0.3 is 0 Å². The smallest absolute Gasteiger partial charge is 0.262 e. The molecule has 140 valence electrons. The zero-order valence-corrected chi connectivity index (χ0v) is 16.6. The average molecular weight is 405 g/mol. The normalized spacial score (nSPS) is 13.3. The summed E-state index contributed by atoms with van der Waals surface area (Å²) in [6.07, 6.45) is 0. The van der Waals surface area contributed by atoms with Gasteiger partial charge in [-0.1, -0.05) is 72.3 Å². The molecule has 2 aliphatic heterocycles. The van der Waals surface area contributed by atoms with Crippen molar-refractivity contribution in [2.24, 2.45) is 0 Å². The summed E-state index contributed by atoms with van der Waals surface area (Å²) in [6, 6.07) is 29.1. The second-order valence-corrected chi connectivity index (χ2v) is 8.29. The predicted octanol–water partition coefficient (Wildman–Crippen LogP) is 5.37. The molecule has 0 unspecified atom stereocenters. The third-order valence-corrected chi connectivity index (χ3v) is 6.45. The maximum absolute atomic E-state index is 6.42. The van der Waals surface area contributed by atoms with E-state index in [1.807, 2.05) is 12.1 Å². The van der Waals surface area contributed by atoms with Gasteiger partial charge in [0.1, 0.15) is 23.0 Å². The highest BCUT2D eigenvalue weighted by Gasteiger charge is 2.42. The van der Waals surface area contributed by atoms with Gasteiger partial charge in [0, 0.05) is 10.5 Å². The van der Waals surface area contributed by atoms with Crippen molar-refractivity contribution in [3.63, 3.8) is 0 Å². The highest BCUT2D eigenvalue weighted by atomic mass is 35.5. The van der Waals surface area contributed by atoms with Gasteiger partial charge in [0.2, 0.25) is 0 Å². The number of rotatable bonds is 0. The van der Waals surface area contributed by atoms with Crippen LogP contribution in [0.1, 0.15) is 0 Å². The number of benzene rings is 5. The molecule has 0 fully saturated rings. The first-order chi connectivity index (χ1) is 14.8. The molecule has 0 spiro atoms. The van der Waals surface area contributed by atoms with E-state index >= 15 is 0 Å². The Morgan fingerprint density at radius 3 is 1.57 bits per heavy atom. The number of halogens is 1. The van der Waals surface area contributed by atoms with Crippen molar-refractivity contribution in [1.29, 1.82) is 0 Å². The number of ether oxygens (including phenoxy) is 2. The van der Waals surface area contributed by atoms with Gasteiger partial charge in [-0.15, -0.1) is 0 Å². The Labute approximate surface area is 178 Å². The van der Waals surface area contributed by atoms with Crippen LogP contribution in [0, 0.1) is 0 Å². The maximum Gasteiger partial charge on any atom is 0.262 e. The first-order valence-electron chi connectivity index (χ1n) is 10.0. The standard InChI is InChI=1S/C26H14BClO2/c28-17-13-22-26-23(14-17)30-21-12-10-16-6-2-4-8-19(16)25(21)27(26)24-18-7-3-1-5-15(18)9-11-20(24)29-22/h1-14H. The van der Waals surface area contributed by atoms with E-state index in [0.717, 1.165) is 28.5 Å². The molecule has 0 bridgehead atoms. The van der Waals surface area contributed by atoms with Crippen LogP contribution in [0.25, 0.3) is 21.5 Å². The average Bonchev–Trinajstić information content (AvgIpc) is 2.78. The van der Waals surface area contributed by atoms with Crippen LogP contribution >= 0.6 is 11.6 Å². The lowest BCUT2D eigenvalue weighted by molar-refractivity contribution is 0.465. The lowest BCUT2D eigenvalue weighted by Gasteiger charge is -2.34. The van der Waals surface area contributed by atoms with E-state index in [9.17, 15) is 0 Å². The molecule has 4 heteroatoms. The third kappa shape index (κ3) is 2.10. The monoisotopic (exact) mass is 404 g/mol. The minimum absolute atomic E-state index is 0.0111. The minimum Gasteiger partial charge on any atom is -0.458 e. The van der Waals surface area contributed by atoms with Crippen molar-refractivity contribution in [3.8, 4) is 23.0 Å². The summed E-state index contributed by atoms with van der Waals surface area (Å²) >= 11 is 6.42. The molecular weight excluding hydrogens is 391 g/mol. The molecule has 2 aliphatic rings. The number of hydrogen-bond donors (Lipinski definition) is 0. The van der Waals surface area contributed by atoms with Crippen molar-refractivity contribution in [2.75, 3.05) is 0 Å². The Morgan fingerprint density at radius 1 is 0.533 bits per heavy atom. The topological polar surface area (TPSA) is 18.5 Å². The van der Waals surface area contributed by atoms with E-state index in [-0.39, 0.29) is 6.71 Å². The molecule has 0 amide bonds. The summed E-state index contributed by atoms with van der Waals surface area (Å²) in [5, 5.41) is 5.41. The van der Waals surface area contributed by atoms with Crippen molar-refractivity contribution in [1.82, 2.24) is 0 Å². The van der Waals surface area contributed by atoms with E-state index < -0.39 is 0 Å². The Bertz CT molecular complexity index is 1410. The predicted molar refractivity (Wildman–Crippen MR) is 124 cm³/mol. The summed E-state index contributed by atoms with van der Waals surface area (Å²) < 4.78 is 12.8. The van der Waals surface area contributed by atoms with Gasteiger partial charge in [0.25, 0.3) is 6.71 Å². The first kappa shape index (κ1) is 16.4. The zero-order chi connectivity index (χ0) is 19.8. The SMILES string of the molecule is Clc1cc2c3c(c1)Oc1ccc4ccccc4c1B3c1c(ccc3ccccc13)O2. The quantitative estimate of drug-likeness (QED) is 0.316. The van der Waals surface area contributed by atoms with Crippen molar-refractivity contribution >= 4 is 56.2 Å². The fraction of sp³-hybridized carbons (Fsp3) is 0. The number of hydrogen-bond acceptors (Lipinski definition) is 2. The van der Waals surface area contributed by atoms with E-state index in [1.54, 1.807) is 0 Å². The fourth-order valence-electron chi connectivity index (χ4n) is 5.02. The summed E-state index contributed by atoms with van der Waals surface area (Å²) in [6.45, 7) is 0.0111. The number of fused-ring (bicyclic) bond motifs is 8. The molecule has 0 aromatic heterocycles. The molecule has 0 saturated heterocycles. The van der Waals surface area contributed by atoms with Crippen LogP contribution in [0.15, 0.2) is 84.9 Å². The molecule has 0 radical (unpaired) electrons. The molecule has 2 heterocycles. The Hall–Kier alpha value is -3.43. The Morgan fingerprint density at radius 2 is 1.03 bits per heavy atom. The molecule has 30 heavy (non-hydrogen) atoms. The van der Waals surface area contributed by atoms with E-state index in [2.05, 4.69) is 72.8 Å². The first-order valence-corrected chi connectivity index (χ1v) is 10.4. The fourth-order valence-corrected chi connectivity index (χ4v) is 5.22. The molecule has 5 aromatic carbocycles. The second-order valence-electron chi connectivity index (χ2n) is 7.85. The van der Waals surface area contributed by atoms with Gasteiger partial charge in [-0.05, 0) is 56.7 Å². The van der Waals surface area contributed by atoms with Gasteiger partial charge < -0.3 is 9.47 Å². The van der Waals surface area contributed by atoms with Crippen LogP contribution < -0.4 is 25.9 Å². The van der Waals surface area contributed by atoms with Crippen molar-refractivity contribution < 1.29 is 9.47 Å². The highest BCUT2D eigenvalue weighted by Crippen LogP contribution is 2.39. The molecule has 0 N–H and O–H groups in total. The van der Waals surface area contributed by atoms with Crippen molar-refractivity contribution in [3.05, 3.63) is 90.0 Å². The van der Waals surface area contributed by atoms with Gasteiger partial charge in [-0.2, -0.15) is 0 Å². The molecule has 0 saturated carbocycles. The Balaban J connectivity index is 1.67. The van der Waals surface area contributed by atoms with Crippen LogP contribution in [0.3, 0.4) is 0 Å². The molecule has 2 nitrogen and oxygen atoms in total. The van der Waals surface area contributed by atoms with Gasteiger partial charge in [-0.3, -0.25) is 0 Å². The molecule has 0 aliphatic carbocycles. The van der Waals surface area contributed by atoms with Crippen LogP contribution in [-0.4, -0.2) is 6.71 Å². The maximum atomic E-state index is 6.42. The van der Waals surface area contributed by atoms with Crippen molar-refractivity contribution in [2.45, 2.75) is 0 Å². The summed E-state index contributed by atoms with van der Waals surface area (Å²) in [5.41, 5.74) is 3.42. The van der Waals surface area contributed by atoms with E-state index in [4.69, 9.17) is 21.1 Å². The van der Waals surface area contributed by atoms with Crippen LogP contribution in [0.4, 0.5) is 0 Å². The lowest BCUT2D eigenvalue weighted by atomic mass is 9.34. The summed E-state index contributed by atoms with van der Waals surface area (Å²) in [7, 11) is 0. The minimum atomic E-state index is 0.0111. The van der Waals surface area contributed by atoms with Crippen LogP contribution in [-0.2, 0) is 0 Å². The lowest BCUT2D eigenvalue weighted by Crippen LogP contribution is -2.57. The largest absolute Gasteiger partial charge is 0.458 e. The van der Waals surface area contributed by atoms with E-state index in [0.29, 0.717) is 5.02 Å². The molecule has 7 rings (SSSR count). The van der Waals surface area contributed by atoms with Gasteiger partial charge in [0.15, 0.2) is 0 Å². The van der Waals surface area contributed by atoms with E-state index in [1.165, 1.54) is 32.5 Å². The zero-order valence-electron chi connectivity index (χ0n) is 15.9.